The van der Waals surface area contributed by atoms with Gasteiger partial charge in [0, 0.05) is 12.8 Å². The van der Waals surface area contributed by atoms with Gasteiger partial charge in [-0.15, -0.1) is 0 Å². The maximum absolute atomic E-state index is 12.5. The van der Waals surface area contributed by atoms with Gasteiger partial charge < -0.3 is 20.3 Å². The molecule has 0 aliphatic rings. The van der Waals surface area contributed by atoms with Crippen LogP contribution in [-0.2, 0) is 14.3 Å². The molecular formula is C73H139NO5. The Morgan fingerprint density at radius 1 is 0.354 bits per heavy atom. The summed E-state index contributed by atoms with van der Waals surface area (Å²) in [7, 11) is 0. The lowest BCUT2D eigenvalue weighted by Gasteiger charge is -2.22. The largest absolute Gasteiger partial charge is 0.466 e. The van der Waals surface area contributed by atoms with Gasteiger partial charge in [-0.1, -0.05) is 333 Å². The molecule has 0 saturated heterocycles. The third-order valence-corrected chi connectivity index (χ3v) is 16.7. The van der Waals surface area contributed by atoms with Crippen molar-refractivity contribution < 1.29 is 24.5 Å². The molecule has 0 aliphatic carbocycles. The second-order valence-corrected chi connectivity index (χ2v) is 24.6. The third kappa shape index (κ3) is 65.1. The van der Waals surface area contributed by atoms with E-state index in [0.29, 0.717) is 25.9 Å². The number of esters is 1. The van der Waals surface area contributed by atoms with Crippen molar-refractivity contribution >= 4 is 11.9 Å². The van der Waals surface area contributed by atoms with Crippen LogP contribution in [0.15, 0.2) is 36.5 Å². The molecule has 2 atom stereocenters. The Morgan fingerprint density at radius 3 is 1.00 bits per heavy atom. The van der Waals surface area contributed by atoms with Crippen LogP contribution < -0.4 is 5.32 Å². The molecular weight excluding hydrogens is 971 g/mol. The van der Waals surface area contributed by atoms with Crippen LogP contribution in [0.2, 0.25) is 0 Å². The summed E-state index contributed by atoms with van der Waals surface area (Å²) in [5.74, 6) is -0.0268. The number of ether oxygens (including phenoxy) is 1. The van der Waals surface area contributed by atoms with Crippen molar-refractivity contribution in [2.45, 2.75) is 405 Å². The van der Waals surface area contributed by atoms with E-state index >= 15 is 0 Å². The zero-order valence-electron chi connectivity index (χ0n) is 53.4. The average molecular weight is 1110 g/mol. The van der Waals surface area contributed by atoms with E-state index in [0.717, 1.165) is 51.4 Å². The molecule has 6 heteroatoms. The number of nitrogens with one attached hydrogen (secondary N) is 1. The molecule has 0 aromatic rings. The molecule has 0 rings (SSSR count). The Morgan fingerprint density at radius 2 is 0.633 bits per heavy atom. The summed E-state index contributed by atoms with van der Waals surface area (Å²) in [5.41, 5.74) is 0. The lowest BCUT2D eigenvalue weighted by Crippen LogP contribution is -2.45. The molecule has 0 saturated carbocycles. The summed E-state index contributed by atoms with van der Waals surface area (Å²) < 4.78 is 5.49. The number of aliphatic hydroxyl groups excluding tert-OH is 2. The van der Waals surface area contributed by atoms with Crippen LogP contribution in [0.3, 0.4) is 0 Å². The molecule has 6 nitrogen and oxygen atoms in total. The van der Waals surface area contributed by atoms with E-state index in [1.165, 1.54) is 308 Å². The molecule has 0 heterocycles. The zero-order valence-corrected chi connectivity index (χ0v) is 53.4. The number of unbranched alkanes of at least 4 members (excludes halogenated alkanes) is 50. The first-order valence-corrected chi connectivity index (χ1v) is 35.7. The molecule has 466 valence electrons. The lowest BCUT2D eigenvalue weighted by atomic mass is 10.0. The van der Waals surface area contributed by atoms with Crippen LogP contribution in [0.4, 0.5) is 0 Å². The summed E-state index contributed by atoms with van der Waals surface area (Å²) in [6, 6.07) is -0.541. The molecule has 2 unspecified atom stereocenters. The smallest absolute Gasteiger partial charge is 0.305 e. The van der Waals surface area contributed by atoms with Gasteiger partial charge in [0.15, 0.2) is 0 Å². The van der Waals surface area contributed by atoms with Crippen molar-refractivity contribution in [3.8, 4) is 0 Å². The summed E-state index contributed by atoms with van der Waals surface area (Å²) in [5, 5.41) is 23.4. The topological polar surface area (TPSA) is 95.9 Å². The fraction of sp³-hybridized carbons (Fsp3) is 0.890. The van der Waals surface area contributed by atoms with Gasteiger partial charge in [-0.3, -0.25) is 9.59 Å². The highest BCUT2D eigenvalue weighted by Crippen LogP contribution is 2.19. The van der Waals surface area contributed by atoms with Crippen molar-refractivity contribution in [3.63, 3.8) is 0 Å². The van der Waals surface area contributed by atoms with Crippen LogP contribution in [-0.4, -0.2) is 47.4 Å². The molecule has 0 fully saturated rings. The standard InChI is InChI=1S/C73H139NO5/c1-3-5-7-9-11-13-15-17-19-34-38-41-45-49-53-57-61-65-71(76)70(69-75)74-72(77)66-62-58-54-50-46-42-39-35-32-30-28-26-24-22-20-21-23-25-27-29-31-33-36-40-44-48-52-56-60-64-68-79-73(78)67-63-59-55-51-47-43-37-18-16-14-12-10-8-6-4-2/h12,14,18,21,23,37,70-71,75-76H,3-11,13,15-17,19-20,22,24-36,38-69H2,1-2H3,(H,74,77)/b14-12-,23-21-,37-18-. The highest BCUT2D eigenvalue weighted by molar-refractivity contribution is 5.76. The highest BCUT2D eigenvalue weighted by atomic mass is 16.5. The molecule has 3 N–H and O–H groups in total. The minimum atomic E-state index is -0.664. The quantitative estimate of drug-likeness (QED) is 0.0320. The minimum absolute atomic E-state index is 0.00346. The number of allylic oxidation sites excluding steroid dienone is 6. The molecule has 1 amide bonds. The summed E-state index contributed by atoms with van der Waals surface area (Å²) in [6.07, 6.45) is 87.7. The Bertz CT molecular complexity index is 1280. The Balaban J connectivity index is 3.37. The maximum atomic E-state index is 12.5. The predicted molar refractivity (Wildman–Crippen MR) is 347 cm³/mol. The van der Waals surface area contributed by atoms with Crippen molar-refractivity contribution in [3.05, 3.63) is 36.5 Å². The first-order chi connectivity index (χ1) is 39.0. The van der Waals surface area contributed by atoms with Gasteiger partial charge in [0.1, 0.15) is 0 Å². The highest BCUT2D eigenvalue weighted by Gasteiger charge is 2.20. The van der Waals surface area contributed by atoms with Crippen molar-refractivity contribution in [1.29, 1.82) is 0 Å². The molecule has 0 radical (unpaired) electrons. The Kier molecular flexibility index (Phi) is 66.9. The molecule has 0 bridgehead atoms. The molecule has 0 aromatic heterocycles. The molecule has 0 aromatic carbocycles. The van der Waals surface area contributed by atoms with Gasteiger partial charge in [-0.05, 0) is 83.5 Å². The van der Waals surface area contributed by atoms with E-state index in [1.807, 2.05) is 0 Å². The monoisotopic (exact) mass is 1110 g/mol. The summed E-state index contributed by atoms with van der Waals surface area (Å²) >= 11 is 0. The number of carbonyl (C=O) groups is 2. The zero-order chi connectivity index (χ0) is 57.1. The number of hydrogen-bond donors (Lipinski definition) is 3. The number of aliphatic hydroxyl groups is 2. The van der Waals surface area contributed by atoms with Crippen LogP contribution in [0.1, 0.15) is 393 Å². The Hall–Kier alpha value is -1.92. The first-order valence-electron chi connectivity index (χ1n) is 35.7. The maximum Gasteiger partial charge on any atom is 0.305 e. The van der Waals surface area contributed by atoms with Crippen LogP contribution >= 0.6 is 0 Å². The second kappa shape index (κ2) is 68.6. The van der Waals surface area contributed by atoms with Gasteiger partial charge in [-0.2, -0.15) is 0 Å². The second-order valence-electron chi connectivity index (χ2n) is 24.6. The fourth-order valence-electron chi connectivity index (χ4n) is 11.2. The lowest BCUT2D eigenvalue weighted by molar-refractivity contribution is -0.143. The summed E-state index contributed by atoms with van der Waals surface area (Å²) in [4.78, 5) is 24.6. The average Bonchev–Trinajstić information content (AvgIpc) is 3.45. The fourth-order valence-corrected chi connectivity index (χ4v) is 11.2. The van der Waals surface area contributed by atoms with E-state index in [4.69, 9.17) is 4.74 Å². The van der Waals surface area contributed by atoms with Gasteiger partial charge in [0.2, 0.25) is 5.91 Å². The van der Waals surface area contributed by atoms with E-state index in [-0.39, 0.29) is 18.5 Å². The van der Waals surface area contributed by atoms with Gasteiger partial charge in [0.05, 0.1) is 25.4 Å². The van der Waals surface area contributed by atoms with Crippen LogP contribution in [0, 0.1) is 0 Å². The van der Waals surface area contributed by atoms with Gasteiger partial charge >= 0.3 is 5.97 Å². The van der Waals surface area contributed by atoms with E-state index in [1.54, 1.807) is 0 Å². The van der Waals surface area contributed by atoms with Crippen molar-refractivity contribution in [2.75, 3.05) is 13.2 Å². The van der Waals surface area contributed by atoms with Crippen molar-refractivity contribution in [2.24, 2.45) is 0 Å². The number of carbonyl (C=O) groups excluding carboxylic acids is 2. The molecule has 79 heavy (non-hydrogen) atoms. The summed E-state index contributed by atoms with van der Waals surface area (Å²) in [6.45, 7) is 4.95. The normalized spacial score (nSPS) is 12.7. The Labute approximate surface area is 494 Å². The van der Waals surface area contributed by atoms with Crippen LogP contribution in [0.5, 0.6) is 0 Å². The van der Waals surface area contributed by atoms with Crippen LogP contribution in [0.25, 0.3) is 0 Å². The minimum Gasteiger partial charge on any atom is -0.466 e. The van der Waals surface area contributed by atoms with E-state index < -0.39 is 12.1 Å². The number of amides is 1. The molecule has 0 spiro atoms. The first kappa shape index (κ1) is 77.1. The SMILES string of the molecule is CCCCC/C=C\C/C=C\CCCCCCCC(=O)OCCCCCCCCCCCCCC/C=C\CCCCCCCCCCCCCCCCC(=O)NC(CO)C(O)CCCCCCCCCCCCCCCCCCC. The molecule has 0 aliphatic heterocycles. The number of hydrogen-bond acceptors (Lipinski definition) is 5. The van der Waals surface area contributed by atoms with E-state index in [9.17, 15) is 19.8 Å². The van der Waals surface area contributed by atoms with Gasteiger partial charge in [-0.25, -0.2) is 0 Å². The predicted octanol–water partition coefficient (Wildman–Crippen LogP) is 23.1. The number of rotatable bonds is 67. The van der Waals surface area contributed by atoms with Gasteiger partial charge in [0.25, 0.3) is 0 Å². The third-order valence-electron chi connectivity index (χ3n) is 16.7. The van der Waals surface area contributed by atoms with Crippen molar-refractivity contribution in [1.82, 2.24) is 5.32 Å². The van der Waals surface area contributed by atoms with E-state index in [2.05, 4.69) is 55.6 Å².